The Morgan fingerprint density at radius 3 is 1.48 bits per heavy atom. The second-order valence-electron chi connectivity index (χ2n) is 10.0. The van der Waals surface area contributed by atoms with Crippen LogP contribution in [0.2, 0.25) is 0 Å². The number of nitrogens with zero attached hydrogens (tertiary/aromatic N) is 4. The lowest BCUT2D eigenvalue weighted by Crippen LogP contribution is -1.97. The molecular formula is C36H24N4. The van der Waals surface area contributed by atoms with Gasteiger partial charge >= 0.3 is 0 Å². The lowest BCUT2D eigenvalue weighted by atomic mass is 10.0. The van der Waals surface area contributed by atoms with E-state index in [1.807, 2.05) is 30.3 Å². The number of fused-ring (bicyclic) bond motifs is 4. The third kappa shape index (κ3) is 3.69. The fraction of sp³-hybridized carbons (Fsp3) is 0. The van der Waals surface area contributed by atoms with Gasteiger partial charge in [0, 0.05) is 16.5 Å². The Bertz CT molecular complexity index is 2040. The summed E-state index contributed by atoms with van der Waals surface area (Å²) in [6.07, 6.45) is 0. The number of hydrogen-bond acceptors (Lipinski definition) is 2. The van der Waals surface area contributed by atoms with Crippen LogP contribution in [-0.2, 0) is 0 Å². The maximum absolute atomic E-state index is 4.81. The molecule has 0 spiro atoms. The second kappa shape index (κ2) is 9.07. The number of benzene rings is 6. The lowest BCUT2D eigenvalue weighted by molar-refractivity contribution is 0.766. The number of para-hydroxylation sites is 1. The van der Waals surface area contributed by atoms with E-state index in [9.17, 15) is 0 Å². The zero-order valence-corrected chi connectivity index (χ0v) is 21.6. The monoisotopic (exact) mass is 512 g/mol. The largest absolute Gasteiger partial charge is 0.309 e. The van der Waals surface area contributed by atoms with Crippen LogP contribution in [0.25, 0.3) is 66.5 Å². The summed E-state index contributed by atoms with van der Waals surface area (Å²) in [5.41, 5.74) is 10.9. The van der Waals surface area contributed by atoms with E-state index in [0.29, 0.717) is 0 Å². The van der Waals surface area contributed by atoms with Gasteiger partial charge in [0.25, 0.3) is 0 Å². The molecule has 8 aromatic rings. The molecule has 0 aliphatic heterocycles. The molecule has 188 valence electrons. The molecule has 0 saturated carbocycles. The molecule has 0 unspecified atom stereocenters. The highest BCUT2D eigenvalue weighted by Gasteiger charge is 2.16. The van der Waals surface area contributed by atoms with Crippen molar-refractivity contribution in [3.8, 4) is 33.6 Å². The first-order valence-electron chi connectivity index (χ1n) is 13.4. The number of rotatable bonds is 4. The van der Waals surface area contributed by atoms with Crippen LogP contribution in [0.4, 0.5) is 0 Å². The van der Waals surface area contributed by atoms with Gasteiger partial charge in [-0.25, -0.2) is 0 Å². The summed E-state index contributed by atoms with van der Waals surface area (Å²) < 4.78 is 2.34. The Morgan fingerprint density at radius 1 is 0.375 bits per heavy atom. The summed E-state index contributed by atoms with van der Waals surface area (Å²) >= 11 is 0. The highest BCUT2D eigenvalue weighted by molar-refractivity contribution is 6.11. The smallest absolute Gasteiger partial charge is 0.115 e. The molecule has 0 atom stereocenters. The van der Waals surface area contributed by atoms with E-state index in [0.717, 1.165) is 33.4 Å². The van der Waals surface area contributed by atoms with E-state index in [1.165, 1.54) is 33.0 Å². The van der Waals surface area contributed by atoms with Gasteiger partial charge in [0.1, 0.15) is 11.0 Å². The molecule has 4 nitrogen and oxygen atoms in total. The Kier molecular flexibility index (Phi) is 5.10. The Balaban J connectivity index is 1.36. The average Bonchev–Trinajstić information content (AvgIpc) is 3.60. The highest BCUT2D eigenvalue weighted by atomic mass is 15.5. The molecule has 0 bridgehead atoms. The molecule has 0 saturated heterocycles. The minimum absolute atomic E-state index is 0.859. The third-order valence-electron chi connectivity index (χ3n) is 7.59. The minimum Gasteiger partial charge on any atom is -0.309 e. The van der Waals surface area contributed by atoms with Crippen molar-refractivity contribution in [2.24, 2.45) is 0 Å². The van der Waals surface area contributed by atoms with Crippen molar-refractivity contribution >= 4 is 32.8 Å². The van der Waals surface area contributed by atoms with Crippen molar-refractivity contribution in [2.75, 3.05) is 0 Å². The van der Waals surface area contributed by atoms with Crippen LogP contribution in [0.3, 0.4) is 0 Å². The van der Waals surface area contributed by atoms with E-state index in [-0.39, 0.29) is 0 Å². The molecule has 2 heterocycles. The fourth-order valence-corrected chi connectivity index (χ4v) is 5.64. The van der Waals surface area contributed by atoms with Crippen molar-refractivity contribution in [3.05, 3.63) is 146 Å². The van der Waals surface area contributed by atoms with Crippen LogP contribution in [-0.4, -0.2) is 19.6 Å². The molecule has 40 heavy (non-hydrogen) atoms. The van der Waals surface area contributed by atoms with Gasteiger partial charge in [0.2, 0.25) is 0 Å². The maximum Gasteiger partial charge on any atom is 0.115 e. The van der Waals surface area contributed by atoms with Gasteiger partial charge in [-0.2, -0.15) is 4.80 Å². The second-order valence-corrected chi connectivity index (χ2v) is 10.0. The quantitative estimate of drug-likeness (QED) is 0.236. The lowest BCUT2D eigenvalue weighted by Gasteiger charge is -2.09. The first-order valence-corrected chi connectivity index (χ1v) is 13.4. The van der Waals surface area contributed by atoms with Crippen molar-refractivity contribution in [3.63, 3.8) is 0 Å². The predicted molar refractivity (Wildman–Crippen MR) is 164 cm³/mol. The fourth-order valence-electron chi connectivity index (χ4n) is 5.64. The van der Waals surface area contributed by atoms with Crippen molar-refractivity contribution in [2.45, 2.75) is 0 Å². The molecule has 4 heteroatoms. The Labute approximate surface area is 231 Å². The van der Waals surface area contributed by atoms with Crippen molar-refractivity contribution in [1.82, 2.24) is 19.6 Å². The SMILES string of the molecule is c1ccc(-c2ccc3c(c2)c2cc(-c4ccccc4)ccc2n3-c2ccc3nn(-c4ccccc4)nc3c2)cc1. The normalized spacial score (nSPS) is 11.5. The van der Waals surface area contributed by atoms with E-state index in [1.54, 1.807) is 4.80 Å². The molecule has 0 aliphatic carbocycles. The standard InChI is InChI=1S/C36H24N4/c1-4-10-25(11-5-1)27-16-20-35-31(22-27)32-23-28(26-12-6-2-7-13-26)17-21-36(32)39(35)30-18-19-33-34(24-30)38-40(37-33)29-14-8-3-9-15-29/h1-24H. The molecule has 2 aromatic heterocycles. The van der Waals surface area contributed by atoms with E-state index < -0.39 is 0 Å². The van der Waals surface area contributed by atoms with Crippen LogP contribution < -0.4 is 0 Å². The maximum atomic E-state index is 4.81. The summed E-state index contributed by atoms with van der Waals surface area (Å²) in [6.45, 7) is 0. The molecule has 0 amide bonds. The summed E-state index contributed by atoms with van der Waals surface area (Å²) in [5.74, 6) is 0. The molecule has 0 radical (unpaired) electrons. The zero-order valence-electron chi connectivity index (χ0n) is 21.6. The minimum atomic E-state index is 0.859. The first kappa shape index (κ1) is 22.5. The van der Waals surface area contributed by atoms with E-state index in [4.69, 9.17) is 10.2 Å². The molecule has 8 rings (SSSR count). The number of aromatic nitrogens is 4. The molecule has 0 aliphatic rings. The molecule has 0 N–H and O–H groups in total. The highest BCUT2D eigenvalue weighted by Crippen LogP contribution is 2.37. The molecular weight excluding hydrogens is 488 g/mol. The Morgan fingerprint density at radius 2 is 0.900 bits per heavy atom. The first-order chi connectivity index (χ1) is 19.8. The molecule has 6 aromatic carbocycles. The average molecular weight is 513 g/mol. The van der Waals surface area contributed by atoms with Gasteiger partial charge in [-0.3, -0.25) is 0 Å². The van der Waals surface area contributed by atoms with Gasteiger partial charge in [0.05, 0.1) is 16.7 Å². The van der Waals surface area contributed by atoms with Crippen LogP contribution >= 0.6 is 0 Å². The summed E-state index contributed by atoms with van der Waals surface area (Å²) in [4.78, 5) is 1.71. The van der Waals surface area contributed by atoms with Crippen molar-refractivity contribution < 1.29 is 0 Å². The summed E-state index contributed by atoms with van der Waals surface area (Å²) in [6, 6.07) is 51.1. The Hall–Kier alpha value is -5.48. The topological polar surface area (TPSA) is 35.6 Å². The van der Waals surface area contributed by atoms with Crippen molar-refractivity contribution in [1.29, 1.82) is 0 Å². The predicted octanol–water partition coefficient (Wildman–Crippen LogP) is 8.85. The van der Waals surface area contributed by atoms with Crippen LogP contribution in [0.5, 0.6) is 0 Å². The summed E-state index contributed by atoms with van der Waals surface area (Å²) in [5, 5.41) is 12.0. The van der Waals surface area contributed by atoms with Gasteiger partial charge in [-0.05, 0) is 76.9 Å². The van der Waals surface area contributed by atoms with Gasteiger partial charge in [-0.1, -0.05) is 91.0 Å². The van der Waals surface area contributed by atoms with Gasteiger partial charge < -0.3 is 4.57 Å². The molecule has 0 fully saturated rings. The van der Waals surface area contributed by atoms with E-state index in [2.05, 4.69) is 120 Å². The van der Waals surface area contributed by atoms with Crippen LogP contribution in [0.1, 0.15) is 0 Å². The van der Waals surface area contributed by atoms with Gasteiger partial charge in [-0.15, -0.1) is 10.2 Å². The third-order valence-corrected chi connectivity index (χ3v) is 7.59. The van der Waals surface area contributed by atoms with Crippen LogP contribution in [0.15, 0.2) is 146 Å². The van der Waals surface area contributed by atoms with Gasteiger partial charge in [0.15, 0.2) is 0 Å². The zero-order chi connectivity index (χ0) is 26.5. The summed E-state index contributed by atoms with van der Waals surface area (Å²) in [7, 11) is 0. The number of hydrogen-bond donors (Lipinski definition) is 0. The van der Waals surface area contributed by atoms with E-state index >= 15 is 0 Å². The van der Waals surface area contributed by atoms with Crippen LogP contribution in [0, 0.1) is 0 Å².